The average Bonchev–Trinajstić information content (AvgIpc) is 3.42. The molecule has 0 spiro atoms. The lowest BCUT2D eigenvalue weighted by molar-refractivity contribution is 0.666. The van der Waals surface area contributed by atoms with Crippen LogP contribution in [-0.2, 0) is 5.41 Å². The Morgan fingerprint density at radius 2 is 0.918 bits per heavy atom. The quantitative estimate of drug-likeness (QED) is 0.190. The first kappa shape index (κ1) is 29.1. The topological polar surface area (TPSA) is 25.8 Å². The van der Waals surface area contributed by atoms with E-state index in [2.05, 4.69) is 147 Å². The van der Waals surface area contributed by atoms with Gasteiger partial charge in [0.15, 0.2) is 5.82 Å². The van der Waals surface area contributed by atoms with Crippen LogP contribution in [0.5, 0.6) is 0 Å². The predicted molar refractivity (Wildman–Crippen MR) is 204 cm³/mol. The summed E-state index contributed by atoms with van der Waals surface area (Å²) < 4.78 is 0. The second kappa shape index (κ2) is 11.5. The highest BCUT2D eigenvalue weighted by Gasteiger charge is 2.38. The van der Waals surface area contributed by atoms with E-state index in [1.807, 2.05) is 36.4 Å². The molecule has 0 saturated carbocycles. The van der Waals surface area contributed by atoms with Crippen molar-refractivity contribution >= 4 is 10.8 Å². The largest absolute Gasteiger partial charge is 0.228 e. The van der Waals surface area contributed by atoms with Crippen molar-refractivity contribution in [1.82, 2.24) is 9.97 Å². The smallest absolute Gasteiger partial charge is 0.160 e. The van der Waals surface area contributed by atoms with Gasteiger partial charge in [-0.1, -0.05) is 172 Å². The fourth-order valence-corrected chi connectivity index (χ4v) is 7.63. The Labute approximate surface area is 287 Å². The van der Waals surface area contributed by atoms with Crippen molar-refractivity contribution in [2.75, 3.05) is 0 Å². The third kappa shape index (κ3) is 4.96. The molecule has 0 radical (unpaired) electrons. The third-order valence-corrected chi connectivity index (χ3v) is 10.1. The summed E-state index contributed by atoms with van der Waals surface area (Å²) in [6.45, 7) is 4.74. The first-order chi connectivity index (χ1) is 24.0. The van der Waals surface area contributed by atoms with Crippen LogP contribution in [-0.4, -0.2) is 9.97 Å². The minimum Gasteiger partial charge on any atom is -0.228 e. The summed E-state index contributed by atoms with van der Waals surface area (Å²) in [5, 5.41) is 2.63. The minimum absolute atomic E-state index is 0.0728. The van der Waals surface area contributed by atoms with E-state index in [0.717, 1.165) is 33.9 Å². The lowest BCUT2D eigenvalue weighted by atomic mass is 9.79. The van der Waals surface area contributed by atoms with Crippen LogP contribution in [0.2, 0.25) is 0 Å². The highest BCUT2D eigenvalue weighted by molar-refractivity contribution is 6.04. The molecule has 1 heterocycles. The molecule has 1 aliphatic carbocycles. The molecular formula is C47H34N2. The van der Waals surface area contributed by atoms with Gasteiger partial charge in [-0.25, -0.2) is 9.97 Å². The Hall–Kier alpha value is -6.12. The Kier molecular flexibility index (Phi) is 6.84. The van der Waals surface area contributed by atoms with Crippen molar-refractivity contribution in [2.45, 2.75) is 19.3 Å². The van der Waals surface area contributed by atoms with Crippen LogP contribution in [0.25, 0.3) is 78.1 Å². The number of aromatic nitrogens is 2. The Morgan fingerprint density at radius 3 is 1.59 bits per heavy atom. The van der Waals surface area contributed by atoms with Gasteiger partial charge < -0.3 is 0 Å². The molecule has 0 aliphatic heterocycles. The highest BCUT2D eigenvalue weighted by Crippen LogP contribution is 2.54. The molecule has 232 valence electrons. The molecule has 0 unspecified atom stereocenters. The molecule has 2 heteroatoms. The van der Waals surface area contributed by atoms with Crippen molar-refractivity contribution in [3.63, 3.8) is 0 Å². The second-order valence-electron chi connectivity index (χ2n) is 13.4. The van der Waals surface area contributed by atoms with Gasteiger partial charge in [-0.3, -0.25) is 0 Å². The fraction of sp³-hybridized carbons (Fsp3) is 0.0638. The molecule has 0 N–H and O–H groups in total. The number of nitrogens with zero attached hydrogens (tertiary/aromatic N) is 2. The van der Waals surface area contributed by atoms with Crippen molar-refractivity contribution in [3.05, 3.63) is 181 Å². The maximum Gasteiger partial charge on any atom is 0.160 e. The molecule has 9 rings (SSSR count). The summed E-state index contributed by atoms with van der Waals surface area (Å²) >= 11 is 0. The molecule has 8 aromatic rings. The molecule has 1 aromatic heterocycles. The standard InChI is InChI=1S/C47H34N2/c1-47(2)41-20-12-11-19-39(41)44-40(29-37-17-9-10-18-38(37)45(44)47)33-25-21-31(22-26-33)32-23-27-35(28-24-32)43-30-42(34-13-5-3-6-14-34)48-46(49-43)36-15-7-4-8-16-36/h3-30H,1-2H3. The van der Waals surface area contributed by atoms with Gasteiger partial charge in [0.1, 0.15) is 0 Å². The average molecular weight is 627 g/mol. The molecule has 0 saturated heterocycles. The molecule has 1 aliphatic rings. The summed E-state index contributed by atoms with van der Waals surface area (Å²) in [5.74, 6) is 0.725. The molecule has 0 bridgehead atoms. The Bertz CT molecular complexity index is 2420. The van der Waals surface area contributed by atoms with E-state index in [1.54, 1.807) is 0 Å². The van der Waals surface area contributed by atoms with Crippen LogP contribution >= 0.6 is 0 Å². The Balaban J connectivity index is 1.09. The number of hydrogen-bond donors (Lipinski definition) is 0. The van der Waals surface area contributed by atoms with Crippen LogP contribution in [0, 0.1) is 0 Å². The lowest BCUT2D eigenvalue weighted by Gasteiger charge is -2.24. The SMILES string of the molecule is CC1(C)c2ccccc2-c2c(-c3ccc(-c4ccc(-c5cc(-c6ccccc6)nc(-c6ccccc6)n5)cc4)cc3)cc3ccccc3c21. The van der Waals surface area contributed by atoms with E-state index in [1.165, 1.54) is 55.3 Å². The maximum atomic E-state index is 5.01. The van der Waals surface area contributed by atoms with Gasteiger partial charge in [-0.2, -0.15) is 0 Å². The van der Waals surface area contributed by atoms with Crippen molar-refractivity contribution < 1.29 is 0 Å². The van der Waals surface area contributed by atoms with Crippen molar-refractivity contribution in [3.8, 4) is 67.3 Å². The maximum absolute atomic E-state index is 5.01. The molecule has 7 aromatic carbocycles. The normalized spacial score (nSPS) is 12.9. The van der Waals surface area contributed by atoms with E-state index in [0.29, 0.717) is 0 Å². The molecule has 0 amide bonds. The van der Waals surface area contributed by atoms with Gasteiger partial charge >= 0.3 is 0 Å². The minimum atomic E-state index is -0.0728. The Morgan fingerprint density at radius 1 is 0.408 bits per heavy atom. The zero-order chi connectivity index (χ0) is 33.0. The van der Waals surface area contributed by atoms with E-state index in [4.69, 9.17) is 9.97 Å². The first-order valence-electron chi connectivity index (χ1n) is 16.9. The van der Waals surface area contributed by atoms with E-state index in [9.17, 15) is 0 Å². The number of rotatable bonds is 5. The number of fused-ring (bicyclic) bond motifs is 5. The van der Waals surface area contributed by atoms with Crippen LogP contribution in [0.1, 0.15) is 25.0 Å². The van der Waals surface area contributed by atoms with E-state index < -0.39 is 0 Å². The molecule has 2 nitrogen and oxygen atoms in total. The van der Waals surface area contributed by atoms with Gasteiger partial charge in [-0.15, -0.1) is 0 Å². The van der Waals surface area contributed by atoms with Gasteiger partial charge in [0.25, 0.3) is 0 Å². The predicted octanol–water partition coefficient (Wildman–Crippen LogP) is 12.3. The summed E-state index contributed by atoms with van der Waals surface area (Å²) in [6, 6.07) is 60.6. The van der Waals surface area contributed by atoms with Crippen molar-refractivity contribution in [1.29, 1.82) is 0 Å². The monoisotopic (exact) mass is 626 g/mol. The number of hydrogen-bond acceptors (Lipinski definition) is 2. The molecule has 49 heavy (non-hydrogen) atoms. The number of benzene rings is 7. The molecular weight excluding hydrogens is 593 g/mol. The van der Waals surface area contributed by atoms with Gasteiger partial charge in [0, 0.05) is 22.1 Å². The van der Waals surface area contributed by atoms with Gasteiger partial charge in [0.2, 0.25) is 0 Å². The van der Waals surface area contributed by atoms with Crippen LogP contribution in [0.3, 0.4) is 0 Å². The summed E-state index contributed by atoms with van der Waals surface area (Å²) in [6.07, 6.45) is 0. The second-order valence-corrected chi connectivity index (χ2v) is 13.4. The van der Waals surface area contributed by atoms with E-state index in [-0.39, 0.29) is 5.41 Å². The molecule has 0 fully saturated rings. The van der Waals surface area contributed by atoms with Crippen LogP contribution in [0.15, 0.2) is 170 Å². The fourth-order valence-electron chi connectivity index (χ4n) is 7.63. The highest BCUT2D eigenvalue weighted by atomic mass is 14.9. The first-order valence-corrected chi connectivity index (χ1v) is 16.9. The third-order valence-electron chi connectivity index (χ3n) is 10.1. The summed E-state index contributed by atoms with van der Waals surface area (Å²) in [4.78, 5) is 9.96. The zero-order valence-electron chi connectivity index (χ0n) is 27.6. The lowest BCUT2D eigenvalue weighted by Crippen LogP contribution is -2.15. The van der Waals surface area contributed by atoms with Gasteiger partial charge in [-0.05, 0) is 67.4 Å². The molecule has 0 atom stereocenters. The van der Waals surface area contributed by atoms with E-state index >= 15 is 0 Å². The summed E-state index contributed by atoms with van der Waals surface area (Å²) in [7, 11) is 0. The van der Waals surface area contributed by atoms with Crippen LogP contribution in [0.4, 0.5) is 0 Å². The summed E-state index contributed by atoms with van der Waals surface area (Å²) in [5.41, 5.74) is 15.3. The van der Waals surface area contributed by atoms with Gasteiger partial charge in [0.05, 0.1) is 11.4 Å². The van der Waals surface area contributed by atoms with Crippen LogP contribution < -0.4 is 0 Å². The van der Waals surface area contributed by atoms with Crippen molar-refractivity contribution in [2.24, 2.45) is 0 Å². The zero-order valence-corrected chi connectivity index (χ0v) is 27.6.